The summed E-state index contributed by atoms with van der Waals surface area (Å²) in [5.41, 5.74) is 7.03. The lowest BCUT2D eigenvalue weighted by atomic mass is 10.0. The fourth-order valence-corrected chi connectivity index (χ4v) is 2.98. The van der Waals surface area contributed by atoms with E-state index >= 15 is 0 Å². The summed E-state index contributed by atoms with van der Waals surface area (Å²) in [6, 6.07) is 0.597. The third-order valence-electron chi connectivity index (χ3n) is 4.59. The average Bonchev–Trinajstić information content (AvgIpc) is 3.24. The number of nitrogens with zero attached hydrogens (tertiary/aromatic N) is 4. The number of amides is 1. The van der Waals surface area contributed by atoms with Gasteiger partial charge in [0, 0.05) is 57.1 Å². The standard InChI is InChI=1S/C15H25N5O/c1-18-4-6-19(7-5-18)15(21)12(9-16)8-14-10-17-11-20(14)13-2-3-13/h10-13H,2-9,16H2,1H3. The first-order valence-corrected chi connectivity index (χ1v) is 7.87. The van der Waals surface area contributed by atoms with E-state index in [0.717, 1.165) is 31.9 Å². The van der Waals surface area contributed by atoms with E-state index in [9.17, 15) is 4.79 Å². The van der Waals surface area contributed by atoms with Gasteiger partial charge >= 0.3 is 0 Å². The molecule has 6 heteroatoms. The van der Waals surface area contributed by atoms with Gasteiger partial charge in [0.15, 0.2) is 0 Å². The molecule has 2 N–H and O–H groups in total. The second-order valence-electron chi connectivity index (χ2n) is 6.29. The Kier molecular flexibility index (Phi) is 4.26. The van der Waals surface area contributed by atoms with E-state index in [4.69, 9.17) is 5.73 Å². The first-order valence-electron chi connectivity index (χ1n) is 7.87. The molecule has 1 aromatic rings. The van der Waals surface area contributed by atoms with Gasteiger partial charge in [-0.2, -0.15) is 0 Å². The topological polar surface area (TPSA) is 67.4 Å². The molecule has 1 aliphatic carbocycles. The van der Waals surface area contributed by atoms with E-state index in [1.807, 2.05) is 17.4 Å². The molecule has 0 radical (unpaired) electrons. The molecule has 1 unspecified atom stereocenters. The minimum Gasteiger partial charge on any atom is -0.340 e. The minimum atomic E-state index is -0.123. The molecule has 21 heavy (non-hydrogen) atoms. The average molecular weight is 291 g/mol. The van der Waals surface area contributed by atoms with Crippen molar-refractivity contribution in [3.63, 3.8) is 0 Å². The molecule has 2 heterocycles. The molecule has 1 atom stereocenters. The van der Waals surface area contributed by atoms with Crippen molar-refractivity contribution in [2.45, 2.75) is 25.3 Å². The predicted octanol–water partition coefficient (Wildman–Crippen LogP) is 0.109. The van der Waals surface area contributed by atoms with Gasteiger partial charge in [0.1, 0.15) is 0 Å². The zero-order chi connectivity index (χ0) is 14.8. The minimum absolute atomic E-state index is 0.123. The normalized spacial score (nSPS) is 21.5. The summed E-state index contributed by atoms with van der Waals surface area (Å²) in [4.78, 5) is 21.1. The fourth-order valence-electron chi connectivity index (χ4n) is 2.98. The van der Waals surface area contributed by atoms with Crippen LogP contribution in [0.15, 0.2) is 12.5 Å². The van der Waals surface area contributed by atoms with Crippen molar-refractivity contribution in [2.24, 2.45) is 11.7 Å². The highest BCUT2D eigenvalue weighted by molar-refractivity contribution is 5.79. The number of likely N-dealkylation sites (N-methyl/N-ethyl adjacent to an activating group) is 1. The van der Waals surface area contributed by atoms with Crippen LogP contribution in [0.3, 0.4) is 0 Å². The summed E-state index contributed by atoms with van der Waals surface area (Å²) in [7, 11) is 2.09. The third kappa shape index (κ3) is 3.27. The highest BCUT2D eigenvalue weighted by Gasteiger charge is 2.29. The van der Waals surface area contributed by atoms with Gasteiger partial charge in [0.25, 0.3) is 0 Å². The first kappa shape index (κ1) is 14.5. The largest absolute Gasteiger partial charge is 0.340 e. The van der Waals surface area contributed by atoms with Crippen LogP contribution in [0.25, 0.3) is 0 Å². The molecule has 1 aliphatic heterocycles. The van der Waals surface area contributed by atoms with Crippen LogP contribution in [0, 0.1) is 5.92 Å². The van der Waals surface area contributed by atoms with Gasteiger partial charge in [0.2, 0.25) is 5.91 Å². The Balaban J connectivity index is 1.64. The zero-order valence-electron chi connectivity index (χ0n) is 12.7. The molecule has 116 valence electrons. The Bertz CT molecular complexity index is 488. The van der Waals surface area contributed by atoms with Crippen LogP contribution >= 0.6 is 0 Å². The Morgan fingerprint density at radius 1 is 1.38 bits per heavy atom. The number of aromatic nitrogens is 2. The van der Waals surface area contributed by atoms with Crippen molar-refractivity contribution in [3.05, 3.63) is 18.2 Å². The summed E-state index contributed by atoms with van der Waals surface area (Å²) >= 11 is 0. The smallest absolute Gasteiger partial charge is 0.227 e. The van der Waals surface area contributed by atoms with E-state index in [-0.39, 0.29) is 11.8 Å². The Labute approximate surface area is 125 Å². The van der Waals surface area contributed by atoms with Crippen molar-refractivity contribution in [2.75, 3.05) is 39.8 Å². The lowest BCUT2D eigenvalue weighted by Gasteiger charge is -2.34. The molecular formula is C15H25N5O. The Hall–Kier alpha value is -1.40. The number of carbonyl (C=O) groups is 1. The fraction of sp³-hybridized carbons (Fsp3) is 0.733. The number of piperazine rings is 1. The van der Waals surface area contributed by atoms with Gasteiger partial charge in [-0.1, -0.05) is 0 Å². The second kappa shape index (κ2) is 6.15. The molecule has 1 saturated carbocycles. The predicted molar refractivity (Wildman–Crippen MR) is 80.8 cm³/mol. The van der Waals surface area contributed by atoms with E-state index in [1.165, 1.54) is 12.8 Å². The van der Waals surface area contributed by atoms with Crippen LogP contribution in [0.1, 0.15) is 24.6 Å². The van der Waals surface area contributed by atoms with Gasteiger partial charge in [-0.05, 0) is 19.9 Å². The van der Waals surface area contributed by atoms with E-state index in [0.29, 0.717) is 19.0 Å². The number of carbonyl (C=O) groups excluding carboxylic acids is 1. The Morgan fingerprint density at radius 2 is 2.10 bits per heavy atom. The van der Waals surface area contributed by atoms with Gasteiger partial charge in [0.05, 0.1) is 12.2 Å². The number of rotatable bonds is 5. The molecule has 0 aromatic carbocycles. The summed E-state index contributed by atoms with van der Waals surface area (Å²) < 4.78 is 2.22. The van der Waals surface area contributed by atoms with Crippen LogP contribution in [-0.2, 0) is 11.2 Å². The van der Waals surface area contributed by atoms with E-state index in [2.05, 4.69) is 21.5 Å². The van der Waals surface area contributed by atoms with Gasteiger partial charge < -0.3 is 20.1 Å². The SMILES string of the molecule is CN1CCN(C(=O)C(CN)Cc2cncn2C2CC2)CC1. The molecule has 3 rings (SSSR count). The molecule has 0 spiro atoms. The molecular weight excluding hydrogens is 266 g/mol. The lowest BCUT2D eigenvalue weighted by Crippen LogP contribution is -2.50. The van der Waals surface area contributed by atoms with Crippen LogP contribution in [-0.4, -0.2) is 65.0 Å². The van der Waals surface area contributed by atoms with Crippen LogP contribution < -0.4 is 5.73 Å². The van der Waals surface area contributed by atoms with Crippen LogP contribution in [0.5, 0.6) is 0 Å². The van der Waals surface area contributed by atoms with Crippen molar-refractivity contribution >= 4 is 5.91 Å². The quantitative estimate of drug-likeness (QED) is 0.836. The zero-order valence-corrected chi connectivity index (χ0v) is 12.7. The van der Waals surface area contributed by atoms with Gasteiger partial charge in [-0.15, -0.1) is 0 Å². The second-order valence-corrected chi connectivity index (χ2v) is 6.29. The number of nitrogens with two attached hydrogens (primary N) is 1. The Morgan fingerprint density at radius 3 is 2.71 bits per heavy atom. The summed E-state index contributed by atoms with van der Waals surface area (Å²) in [5.74, 6) is 0.0803. The number of hydrogen-bond donors (Lipinski definition) is 1. The lowest BCUT2D eigenvalue weighted by molar-refractivity contribution is -0.136. The molecule has 2 fully saturated rings. The molecule has 1 amide bonds. The third-order valence-corrected chi connectivity index (χ3v) is 4.59. The maximum atomic E-state index is 12.7. The monoisotopic (exact) mass is 291 g/mol. The van der Waals surface area contributed by atoms with Gasteiger partial charge in [-0.25, -0.2) is 4.98 Å². The summed E-state index contributed by atoms with van der Waals surface area (Å²) in [6.45, 7) is 3.93. The maximum Gasteiger partial charge on any atom is 0.227 e. The molecule has 1 saturated heterocycles. The van der Waals surface area contributed by atoms with Crippen molar-refractivity contribution in [1.82, 2.24) is 19.4 Å². The van der Waals surface area contributed by atoms with Gasteiger partial charge in [-0.3, -0.25) is 4.79 Å². The molecule has 6 nitrogen and oxygen atoms in total. The van der Waals surface area contributed by atoms with Crippen LogP contribution in [0.2, 0.25) is 0 Å². The van der Waals surface area contributed by atoms with Crippen LogP contribution in [0.4, 0.5) is 0 Å². The summed E-state index contributed by atoms with van der Waals surface area (Å²) in [5, 5.41) is 0. The molecule has 2 aliphatic rings. The van der Waals surface area contributed by atoms with Crippen molar-refractivity contribution in [3.8, 4) is 0 Å². The first-order chi connectivity index (χ1) is 10.2. The van der Waals surface area contributed by atoms with E-state index < -0.39 is 0 Å². The molecule has 0 bridgehead atoms. The number of imidazole rings is 1. The molecule has 1 aromatic heterocycles. The maximum absolute atomic E-state index is 12.7. The van der Waals surface area contributed by atoms with Crippen molar-refractivity contribution < 1.29 is 4.79 Å². The highest BCUT2D eigenvalue weighted by Crippen LogP contribution is 2.36. The summed E-state index contributed by atoms with van der Waals surface area (Å²) in [6.07, 6.45) is 6.93. The highest BCUT2D eigenvalue weighted by atomic mass is 16.2. The number of hydrogen-bond acceptors (Lipinski definition) is 4. The van der Waals surface area contributed by atoms with E-state index in [1.54, 1.807) is 0 Å². The van der Waals surface area contributed by atoms with Crippen molar-refractivity contribution in [1.29, 1.82) is 0 Å².